The summed E-state index contributed by atoms with van der Waals surface area (Å²) in [6, 6.07) is 1.67. The van der Waals surface area contributed by atoms with Crippen molar-refractivity contribution in [1.29, 1.82) is 0 Å². The van der Waals surface area contributed by atoms with Crippen LogP contribution in [0.1, 0.15) is 38.8 Å². The summed E-state index contributed by atoms with van der Waals surface area (Å²) in [5.74, 6) is -0.681. The number of hydrogen-bond donors (Lipinski definition) is 2. The lowest BCUT2D eigenvalue weighted by molar-refractivity contribution is 0.0205. The van der Waals surface area contributed by atoms with Crippen LogP contribution in [0.15, 0.2) is 16.6 Å². The van der Waals surface area contributed by atoms with Gasteiger partial charge in [-0.2, -0.15) is 0 Å². The number of aliphatic hydroxyl groups excluding tert-OH is 1. The van der Waals surface area contributed by atoms with E-state index in [0.29, 0.717) is 0 Å². The second kappa shape index (κ2) is 6.04. The molecule has 1 amide bonds. The van der Waals surface area contributed by atoms with Crippen LogP contribution in [-0.4, -0.2) is 39.5 Å². The monoisotopic (exact) mass is 375 g/mol. The third-order valence-electron chi connectivity index (χ3n) is 3.32. The Hall–Kier alpha value is -1.34. The zero-order valence-electron chi connectivity index (χ0n) is 12.6. The quantitative estimate of drug-likeness (QED) is 0.789. The van der Waals surface area contributed by atoms with Crippen LogP contribution in [-0.2, 0) is 4.74 Å². The Bertz CT molecular complexity index is 588. The van der Waals surface area contributed by atoms with Gasteiger partial charge < -0.3 is 14.9 Å². The highest BCUT2D eigenvalue weighted by atomic mass is 79.9. The van der Waals surface area contributed by atoms with Gasteiger partial charge in [0, 0.05) is 5.56 Å². The molecule has 2 atom stereocenters. The Morgan fingerprint density at radius 1 is 1.45 bits per heavy atom. The Balaban J connectivity index is 2.34. The van der Waals surface area contributed by atoms with Gasteiger partial charge in [0.2, 0.25) is 0 Å². The van der Waals surface area contributed by atoms with E-state index in [-0.39, 0.29) is 28.8 Å². The van der Waals surface area contributed by atoms with Gasteiger partial charge in [-0.3, -0.25) is 4.90 Å². The number of phenols is 1. The molecule has 0 radical (unpaired) electrons. The summed E-state index contributed by atoms with van der Waals surface area (Å²) in [4.78, 5) is 13.6. The maximum atomic E-state index is 13.6. The van der Waals surface area contributed by atoms with Crippen LogP contribution in [0.5, 0.6) is 5.75 Å². The van der Waals surface area contributed by atoms with Gasteiger partial charge in [-0.1, -0.05) is 0 Å². The van der Waals surface area contributed by atoms with Crippen molar-refractivity contribution >= 4 is 22.0 Å². The Labute approximate surface area is 136 Å². The molecule has 0 bridgehead atoms. The van der Waals surface area contributed by atoms with E-state index in [9.17, 15) is 19.4 Å². The summed E-state index contributed by atoms with van der Waals surface area (Å²) in [5, 5.41) is 20.0. The molecule has 1 aromatic carbocycles. The number of hydrogen-bond acceptors (Lipinski definition) is 4. The smallest absolute Gasteiger partial charge is 0.410 e. The number of aliphatic hydroxyl groups is 1. The summed E-state index contributed by atoms with van der Waals surface area (Å²) >= 11 is 3.08. The van der Waals surface area contributed by atoms with Crippen molar-refractivity contribution in [1.82, 2.24) is 4.90 Å². The fraction of sp³-hybridized carbons (Fsp3) is 0.533. The number of β-amino-alcohol motifs (C(OH)–C–C–N with tert-alkyl or cyclic N) is 1. The standard InChI is InChI=1S/C15H19BrFNO4/c1-15(2,3)22-14(21)18-7-9(19)6-12(18)10-4-8(17)5-11(16)13(10)20/h4-5,9,12,19-20H,6-7H2,1-3H3/t9-,12?/m1/s1. The van der Waals surface area contributed by atoms with Gasteiger partial charge in [0.15, 0.2) is 0 Å². The summed E-state index contributed by atoms with van der Waals surface area (Å²) in [5.41, 5.74) is -0.436. The highest BCUT2D eigenvalue weighted by Gasteiger charge is 2.39. The molecule has 0 saturated carbocycles. The first-order valence-electron chi connectivity index (χ1n) is 6.94. The van der Waals surface area contributed by atoms with Crippen LogP contribution >= 0.6 is 15.9 Å². The first kappa shape index (κ1) is 17.0. The van der Waals surface area contributed by atoms with Crippen LogP contribution in [0.4, 0.5) is 9.18 Å². The minimum Gasteiger partial charge on any atom is -0.506 e. The molecular formula is C15H19BrFNO4. The van der Waals surface area contributed by atoms with Crippen molar-refractivity contribution in [3.63, 3.8) is 0 Å². The van der Waals surface area contributed by atoms with E-state index in [1.165, 1.54) is 11.0 Å². The number of benzene rings is 1. The maximum absolute atomic E-state index is 13.6. The molecule has 7 heteroatoms. The maximum Gasteiger partial charge on any atom is 0.410 e. The lowest BCUT2D eigenvalue weighted by Gasteiger charge is -2.29. The van der Waals surface area contributed by atoms with Gasteiger partial charge in [0.1, 0.15) is 17.2 Å². The van der Waals surface area contributed by atoms with Gasteiger partial charge >= 0.3 is 6.09 Å². The zero-order chi connectivity index (χ0) is 16.7. The fourth-order valence-electron chi connectivity index (χ4n) is 2.47. The van der Waals surface area contributed by atoms with Gasteiger partial charge in [-0.25, -0.2) is 9.18 Å². The minimum atomic E-state index is -0.751. The van der Waals surface area contributed by atoms with E-state index < -0.39 is 29.7 Å². The van der Waals surface area contributed by atoms with E-state index in [1.807, 2.05) is 0 Å². The van der Waals surface area contributed by atoms with Gasteiger partial charge in [-0.15, -0.1) is 0 Å². The number of likely N-dealkylation sites (tertiary alicyclic amines) is 1. The SMILES string of the molecule is CC(C)(C)OC(=O)N1C[C@H](O)CC1c1cc(F)cc(Br)c1O. The molecule has 122 valence electrons. The molecule has 1 heterocycles. The second-order valence-electron chi connectivity index (χ2n) is 6.36. The van der Waals surface area contributed by atoms with Crippen molar-refractivity contribution in [2.24, 2.45) is 0 Å². The molecule has 0 aliphatic carbocycles. The molecule has 1 aliphatic heterocycles. The molecule has 22 heavy (non-hydrogen) atoms. The van der Waals surface area contributed by atoms with Gasteiger partial charge in [0.25, 0.3) is 0 Å². The van der Waals surface area contributed by atoms with E-state index in [2.05, 4.69) is 15.9 Å². The molecule has 0 spiro atoms. The molecule has 1 unspecified atom stereocenters. The van der Waals surface area contributed by atoms with Crippen molar-refractivity contribution in [2.45, 2.75) is 44.9 Å². The number of nitrogens with zero attached hydrogens (tertiary/aromatic N) is 1. The topological polar surface area (TPSA) is 70.0 Å². The Morgan fingerprint density at radius 3 is 2.68 bits per heavy atom. The normalized spacial score (nSPS) is 22.0. The fourth-order valence-corrected chi connectivity index (χ4v) is 2.92. The third kappa shape index (κ3) is 3.70. The molecule has 1 fully saturated rings. The van der Waals surface area contributed by atoms with Crippen LogP contribution in [0.3, 0.4) is 0 Å². The highest BCUT2D eigenvalue weighted by Crippen LogP contribution is 2.41. The predicted molar refractivity (Wildman–Crippen MR) is 82.1 cm³/mol. The van der Waals surface area contributed by atoms with Crippen molar-refractivity contribution < 1.29 is 24.1 Å². The van der Waals surface area contributed by atoms with Crippen LogP contribution < -0.4 is 0 Å². The third-order valence-corrected chi connectivity index (χ3v) is 3.93. The van der Waals surface area contributed by atoms with Crippen LogP contribution in [0, 0.1) is 5.82 Å². The van der Waals surface area contributed by atoms with E-state index in [1.54, 1.807) is 20.8 Å². The molecule has 1 aromatic rings. The minimum absolute atomic E-state index is 0.0765. The number of rotatable bonds is 1. The molecule has 0 aromatic heterocycles. The summed E-state index contributed by atoms with van der Waals surface area (Å²) in [7, 11) is 0. The highest BCUT2D eigenvalue weighted by molar-refractivity contribution is 9.10. The molecule has 2 rings (SSSR count). The molecule has 2 N–H and O–H groups in total. The summed E-state index contributed by atoms with van der Waals surface area (Å²) in [6.07, 6.45) is -1.14. The number of phenolic OH excluding ortho intramolecular Hbond substituents is 1. The average Bonchev–Trinajstić information content (AvgIpc) is 2.74. The van der Waals surface area contributed by atoms with E-state index in [4.69, 9.17) is 4.74 Å². The van der Waals surface area contributed by atoms with Gasteiger partial charge in [0.05, 0.1) is 23.2 Å². The molecule has 1 aliphatic rings. The summed E-state index contributed by atoms with van der Waals surface area (Å²) < 4.78 is 19.1. The average molecular weight is 376 g/mol. The number of carbonyl (C=O) groups is 1. The number of ether oxygens (including phenoxy) is 1. The van der Waals surface area contributed by atoms with Crippen molar-refractivity contribution in [3.05, 3.63) is 28.0 Å². The molecule has 1 saturated heterocycles. The predicted octanol–water partition coefficient (Wildman–Crippen LogP) is 3.34. The molecule has 5 nitrogen and oxygen atoms in total. The molecular weight excluding hydrogens is 357 g/mol. The van der Waals surface area contributed by atoms with Crippen LogP contribution in [0.2, 0.25) is 0 Å². The number of aromatic hydroxyl groups is 1. The zero-order valence-corrected chi connectivity index (χ0v) is 14.2. The van der Waals surface area contributed by atoms with Gasteiger partial charge in [-0.05, 0) is 55.3 Å². The second-order valence-corrected chi connectivity index (χ2v) is 7.22. The Morgan fingerprint density at radius 2 is 2.09 bits per heavy atom. The van der Waals surface area contributed by atoms with E-state index >= 15 is 0 Å². The number of halogens is 2. The van der Waals surface area contributed by atoms with E-state index in [0.717, 1.165) is 6.07 Å². The summed E-state index contributed by atoms with van der Waals surface area (Å²) in [6.45, 7) is 5.29. The first-order chi connectivity index (χ1) is 10.1. The number of amides is 1. The van der Waals surface area contributed by atoms with Crippen molar-refractivity contribution in [3.8, 4) is 5.75 Å². The lowest BCUT2D eigenvalue weighted by Crippen LogP contribution is -2.37. The van der Waals surface area contributed by atoms with Crippen LogP contribution in [0.25, 0.3) is 0 Å². The first-order valence-corrected chi connectivity index (χ1v) is 7.73. The Kier molecular flexibility index (Phi) is 4.67. The number of carbonyl (C=O) groups excluding carboxylic acids is 1. The van der Waals surface area contributed by atoms with Crippen molar-refractivity contribution in [2.75, 3.05) is 6.54 Å². The lowest BCUT2D eigenvalue weighted by atomic mass is 10.0. The largest absolute Gasteiger partial charge is 0.506 e.